The maximum absolute atomic E-state index is 13.9. The molecule has 2 aliphatic heterocycles. The van der Waals surface area contributed by atoms with Crippen LogP contribution in [0.15, 0.2) is 41.3 Å². The van der Waals surface area contributed by atoms with Gasteiger partial charge >= 0.3 is 0 Å². The van der Waals surface area contributed by atoms with Crippen LogP contribution in [0, 0.1) is 5.82 Å². The van der Waals surface area contributed by atoms with Crippen LogP contribution < -0.4 is 10.1 Å². The molecule has 1 saturated heterocycles. The molecule has 6 nitrogen and oxygen atoms in total. The van der Waals surface area contributed by atoms with Crippen molar-refractivity contribution < 1.29 is 18.7 Å². The number of benzene rings is 2. The first-order chi connectivity index (χ1) is 14.4. The lowest BCUT2D eigenvalue weighted by molar-refractivity contribution is -0.115. The number of rotatable bonds is 4. The highest BCUT2D eigenvalue weighted by Gasteiger charge is 2.26. The van der Waals surface area contributed by atoms with Gasteiger partial charge in [-0.05, 0) is 42.8 Å². The minimum Gasteiger partial charge on any atom is -0.494 e. The number of halogens is 1. The van der Waals surface area contributed by atoms with Gasteiger partial charge in [-0.1, -0.05) is 6.07 Å². The lowest BCUT2D eigenvalue weighted by atomic mass is 10.1. The molecular formula is C22H24FN3O3S. The first-order valence-electron chi connectivity index (χ1n) is 9.90. The summed E-state index contributed by atoms with van der Waals surface area (Å²) in [6.45, 7) is 5.13. The highest BCUT2D eigenvalue weighted by Crippen LogP contribution is 2.36. The number of carbonyl (C=O) groups excluding carboxylic acids is 2. The summed E-state index contributed by atoms with van der Waals surface area (Å²) in [5, 5.41) is 2.74. The fourth-order valence-corrected chi connectivity index (χ4v) is 4.63. The van der Waals surface area contributed by atoms with Gasteiger partial charge < -0.3 is 15.0 Å². The molecule has 0 saturated carbocycles. The van der Waals surface area contributed by atoms with Crippen LogP contribution >= 0.6 is 11.8 Å². The number of ether oxygens (including phenoxy) is 1. The molecule has 1 fully saturated rings. The largest absolute Gasteiger partial charge is 0.494 e. The van der Waals surface area contributed by atoms with Gasteiger partial charge in [0, 0.05) is 43.2 Å². The van der Waals surface area contributed by atoms with Crippen molar-refractivity contribution >= 4 is 29.3 Å². The molecule has 30 heavy (non-hydrogen) atoms. The quantitative estimate of drug-likeness (QED) is 0.809. The number of fused-ring (bicyclic) bond motifs is 1. The SMILES string of the molecule is COc1ccc(CN2CCN(C(=O)c3ccc4c(c3)NC(=O)C(C)S4)CC2)cc1F. The number of anilines is 1. The van der Waals surface area contributed by atoms with Crippen LogP contribution in [-0.2, 0) is 11.3 Å². The predicted octanol–water partition coefficient (Wildman–Crippen LogP) is 3.23. The summed E-state index contributed by atoms with van der Waals surface area (Å²) in [7, 11) is 1.45. The van der Waals surface area contributed by atoms with Crippen molar-refractivity contribution in [3.05, 3.63) is 53.3 Å². The van der Waals surface area contributed by atoms with Gasteiger partial charge in [-0.3, -0.25) is 14.5 Å². The smallest absolute Gasteiger partial charge is 0.254 e. The second-order valence-electron chi connectivity index (χ2n) is 7.50. The molecule has 4 rings (SSSR count). The van der Waals surface area contributed by atoms with E-state index in [0.717, 1.165) is 10.5 Å². The fourth-order valence-electron chi connectivity index (χ4n) is 3.70. The average molecular weight is 430 g/mol. The van der Waals surface area contributed by atoms with Gasteiger partial charge in [0.15, 0.2) is 11.6 Å². The van der Waals surface area contributed by atoms with Crippen molar-refractivity contribution in [3.8, 4) is 5.75 Å². The van der Waals surface area contributed by atoms with Gasteiger partial charge in [-0.25, -0.2) is 4.39 Å². The van der Waals surface area contributed by atoms with Crippen LogP contribution in [0.3, 0.4) is 0 Å². The van der Waals surface area contributed by atoms with E-state index in [2.05, 4.69) is 10.2 Å². The second-order valence-corrected chi connectivity index (χ2v) is 8.88. The van der Waals surface area contributed by atoms with Crippen LogP contribution in [0.5, 0.6) is 5.75 Å². The molecule has 2 aromatic rings. The summed E-state index contributed by atoms with van der Waals surface area (Å²) in [6.07, 6.45) is 0. The van der Waals surface area contributed by atoms with Crippen molar-refractivity contribution in [1.82, 2.24) is 9.80 Å². The lowest BCUT2D eigenvalue weighted by Crippen LogP contribution is -2.48. The van der Waals surface area contributed by atoms with Gasteiger partial charge in [0.1, 0.15) is 0 Å². The third-order valence-corrected chi connectivity index (χ3v) is 6.62. The van der Waals surface area contributed by atoms with Crippen molar-refractivity contribution in [3.63, 3.8) is 0 Å². The van der Waals surface area contributed by atoms with Gasteiger partial charge in [0.2, 0.25) is 5.91 Å². The molecule has 158 valence electrons. The number of hydrogen-bond donors (Lipinski definition) is 1. The Bertz CT molecular complexity index is 976. The van der Waals surface area contributed by atoms with Crippen molar-refractivity contribution in [1.29, 1.82) is 0 Å². The number of amides is 2. The zero-order valence-corrected chi connectivity index (χ0v) is 17.8. The summed E-state index contributed by atoms with van der Waals surface area (Å²) in [4.78, 5) is 29.9. The molecule has 0 radical (unpaired) electrons. The van der Waals surface area contributed by atoms with Crippen molar-refractivity contribution in [2.24, 2.45) is 0 Å². The molecule has 1 N–H and O–H groups in total. The van der Waals surface area contributed by atoms with Gasteiger partial charge in [0.05, 0.1) is 18.0 Å². The molecule has 8 heteroatoms. The Labute approximate surface area is 179 Å². The molecule has 2 aliphatic rings. The molecular weight excluding hydrogens is 405 g/mol. The van der Waals surface area contributed by atoms with E-state index in [1.807, 2.05) is 30.0 Å². The fraction of sp³-hybridized carbons (Fsp3) is 0.364. The molecule has 1 unspecified atom stereocenters. The molecule has 1 atom stereocenters. The molecule has 0 spiro atoms. The monoisotopic (exact) mass is 429 g/mol. The zero-order valence-electron chi connectivity index (χ0n) is 17.0. The van der Waals surface area contributed by atoms with E-state index in [1.54, 1.807) is 12.1 Å². The lowest BCUT2D eigenvalue weighted by Gasteiger charge is -2.35. The van der Waals surface area contributed by atoms with E-state index in [9.17, 15) is 14.0 Å². The topological polar surface area (TPSA) is 61.9 Å². The minimum atomic E-state index is -0.365. The Morgan fingerprint density at radius 2 is 1.97 bits per heavy atom. The third-order valence-electron chi connectivity index (χ3n) is 5.44. The number of thioether (sulfide) groups is 1. The first kappa shape index (κ1) is 20.7. The van der Waals surface area contributed by atoms with E-state index in [4.69, 9.17) is 4.74 Å². The van der Waals surface area contributed by atoms with E-state index in [1.165, 1.54) is 24.9 Å². The first-order valence-corrected chi connectivity index (χ1v) is 10.8. The maximum Gasteiger partial charge on any atom is 0.254 e. The summed E-state index contributed by atoms with van der Waals surface area (Å²) < 4.78 is 18.9. The highest BCUT2D eigenvalue weighted by atomic mass is 32.2. The summed E-state index contributed by atoms with van der Waals surface area (Å²) in [5.74, 6) is -0.203. The van der Waals surface area contributed by atoms with Crippen molar-refractivity contribution in [2.45, 2.75) is 23.6 Å². The Hall–Kier alpha value is -2.58. The number of piperazine rings is 1. The molecule has 0 aliphatic carbocycles. The van der Waals surface area contributed by atoms with Crippen LogP contribution in [0.25, 0.3) is 0 Å². The van der Waals surface area contributed by atoms with Crippen LogP contribution in [0.1, 0.15) is 22.8 Å². The maximum atomic E-state index is 13.9. The van der Waals surface area contributed by atoms with Gasteiger partial charge in [-0.2, -0.15) is 0 Å². The molecule has 0 aromatic heterocycles. The summed E-state index contributed by atoms with van der Waals surface area (Å²) in [5.41, 5.74) is 2.16. The summed E-state index contributed by atoms with van der Waals surface area (Å²) >= 11 is 1.50. The van der Waals surface area contributed by atoms with Gasteiger partial charge in [-0.15, -0.1) is 11.8 Å². The standard InChI is InChI=1S/C22H24FN3O3S/c1-14-21(27)24-18-12-16(4-6-20(18)30-14)22(28)26-9-7-25(8-10-26)13-15-3-5-19(29-2)17(23)11-15/h3-6,11-12,14H,7-10,13H2,1-2H3,(H,24,27). The second kappa shape index (κ2) is 8.65. The number of nitrogens with one attached hydrogen (secondary N) is 1. The Balaban J connectivity index is 1.36. The Kier molecular flexibility index (Phi) is 5.97. The normalized spacial score (nSPS) is 19.2. The minimum absolute atomic E-state index is 0.0363. The average Bonchev–Trinajstić information content (AvgIpc) is 2.74. The van der Waals surface area contributed by atoms with E-state index in [0.29, 0.717) is 44.0 Å². The Morgan fingerprint density at radius 3 is 2.67 bits per heavy atom. The van der Waals surface area contributed by atoms with Gasteiger partial charge in [0.25, 0.3) is 5.91 Å². The molecule has 2 heterocycles. The highest BCUT2D eigenvalue weighted by molar-refractivity contribution is 8.00. The number of methoxy groups -OCH3 is 1. The predicted molar refractivity (Wildman–Crippen MR) is 115 cm³/mol. The Morgan fingerprint density at radius 1 is 1.20 bits per heavy atom. The third kappa shape index (κ3) is 4.29. The zero-order chi connectivity index (χ0) is 21.3. The number of hydrogen-bond acceptors (Lipinski definition) is 5. The van der Waals surface area contributed by atoms with Crippen molar-refractivity contribution in [2.75, 3.05) is 38.6 Å². The summed E-state index contributed by atoms with van der Waals surface area (Å²) in [6, 6.07) is 10.5. The molecule has 2 aromatic carbocycles. The van der Waals surface area contributed by atoms with Crippen LogP contribution in [0.4, 0.5) is 10.1 Å². The van der Waals surface area contributed by atoms with Crippen LogP contribution in [0.2, 0.25) is 0 Å². The number of nitrogens with zero attached hydrogens (tertiary/aromatic N) is 2. The van der Waals surface area contributed by atoms with E-state index >= 15 is 0 Å². The van der Waals surface area contributed by atoms with E-state index in [-0.39, 0.29) is 28.6 Å². The molecule has 2 amide bonds. The molecule has 0 bridgehead atoms. The number of carbonyl (C=O) groups is 2. The van der Waals surface area contributed by atoms with Crippen LogP contribution in [-0.4, -0.2) is 60.2 Å². The van der Waals surface area contributed by atoms with E-state index < -0.39 is 0 Å².